The van der Waals surface area contributed by atoms with E-state index in [0.29, 0.717) is 6.04 Å². The second-order valence-corrected chi connectivity index (χ2v) is 3.28. The second-order valence-electron chi connectivity index (χ2n) is 3.28. The predicted octanol–water partition coefficient (Wildman–Crippen LogP) is 2.03. The van der Waals surface area contributed by atoms with E-state index in [1.54, 1.807) is 0 Å². The maximum Gasteiger partial charge on any atom is 0.0623 e. The van der Waals surface area contributed by atoms with E-state index in [-0.39, 0.29) is 24.8 Å². The summed E-state index contributed by atoms with van der Waals surface area (Å²) in [5, 5.41) is 11.0. The Bertz CT molecular complexity index is 150. The van der Waals surface area contributed by atoms with Crippen molar-refractivity contribution in [1.82, 2.24) is 5.32 Å². The second kappa shape index (κ2) is 9.71. The Morgan fingerprint density at radius 1 is 1.50 bits per heavy atom. The van der Waals surface area contributed by atoms with E-state index in [2.05, 4.69) is 12.2 Å². The number of morpholine rings is 1. The number of hydrogen-bond donors (Lipinski definition) is 2. The minimum absolute atomic E-state index is 0. The first kappa shape index (κ1) is 16.6. The summed E-state index contributed by atoms with van der Waals surface area (Å²) < 4.78 is 5.30. The zero-order valence-corrected chi connectivity index (χ0v) is 10.2. The van der Waals surface area contributed by atoms with E-state index in [1.165, 1.54) is 0 Å². The third kappa shape index (κ3) is 6.60. The Morgan fingerprint density at radius 2 is 2.21 bits per heavy atom. The van der Waals surface area contributed by atoms with Crippen molar-refractivity contribution in [2.24, 2.45) is 0 Å². The average molecular weight is 243 g/mol. The van der Waals surface area contributed by atoms with Crippen molar-refractivity contribution >= 4 is 30.5 Å². The number of halogens is 2. The van der Waals surface area contributed by atoms with Crippen LogP contribution in [0.5, 0.6) is 0 Å². The van der Waals surface area contributed by atoms with Crippen molar-refractivity contribution < 1.29 is 4.74 Å². The normalized spacial score (nSPS) is 20.5. The third-order valence-corrected chi connectivity index (χ3v) is 2.04. The van der Waals surface area contributed by atoms with Gasteiger partial charge in [0.1, 0.15) is 0 Å². The Balaban J connectivity index is 0. The minimum atomic E-state index is 0. The smallest absolute Gasteiger partial charge is 0.0623 e. The van der Waals surface area contributed by atoms with Crippen LogP contribution in [0.2, 0.25) is 0 Å². The van der Waals surface area contributed by atoms with Crippen LogP contribution in [0, 0.1) is 5.41 Å². The Kier molecular flexibility index (Phi) is 11.5. The molecule has 5 heteroatoms. The summed E-state index contributed by atoms with van der Waals surface area (Å²) in [6.07, 6.45) is 2.86. The van der Waals surface area contributed by atoms with Crippen molar-refractivity contribution in [2.75, 3.05) is 19.8 Å². The Morgan fingerprint density at radius 3 is 2.71 bits per heavy atom. The van der Waals surface area contributed by atoms with Gasteiger partial charge < -0.3 is 15.5 Å². The summed E-state index contributed by atoms with van der Waals surface area (Å²) in [5.41, 5.74) is 0.848. The zero-order chi connectivity index (χ0) is 8.81. The van der Waals surface area contributed by atoms with Crippen LogP contribution in [0.25, 0.3) is 0 Å². The summed E-state index contributed by atoms with van der Waals surface area (Å²) in [7, 11) is 0. The minimum Gasteiger partial charge on any atom is -0.379 e. The van der Waals surface area contributed by atoms with Gasteiger partial charge in [0, 0.05) is 24.7 Å². The van der Waals surface area contributed by atoms with Gasteiger partial charge in [-0.1, -0.05) is 13.3 Å². The number of hydrogen-bond acceptors (Lipinski definition) is 3. The van der Waals surface area contributed by atoms with Gasteiger partial charge in [-0.25, -0.2) is 0 Å². The average Bonchev–Trinajstić information content (AvgIpc) is 2.06. The largest absolute Gasteiger partial charge is 0.379 e. The summed E-state index contributed by atoms with van der Waals surface area (Å²) >= 11 is 0. The quantitative estimate of drug-likeness (QED) is 0.742. The Hall–Kier alpha value is 0.170. The molecule has 0 aromatic heterocycles. The number of ether oxygens (including phenoxy) is 1. The molecule has 1 unspecified atom stereocenters. The number of rotatable bonds is 4. The fourth-order valence-electron chi connectivity index (χ4n) is 1.45. The Labute approximate surface area is 98.3 Å². The monoisotopic (exact) mass is 242 g/mol. The zero-order valence-electron chi connectivity index (χ0n) is 8.54. The summed E-state index contributed by atoms with van der Waals surface area (Å²) in [6, 6.07) is 0.387. The highest BCUT2D eigenvalue weighted by molar-refractivity contribution is 5.85. The number of nitrogens with one attached hydrogen (secondary N) is 2. The molecule has 1 atom stereocenters. The van der Waals surface area contributed by atoms with E-state index < -0.39 is 0 Å². The molecule has 3 nitrogen and oxygen atoms in total. The highest BCUT2D eigenvalue weighted by Crippen LogP contribution is 2.02. The molecule has 1 aliphatic heterocycles. The van der Waals surface area contributed by atoms with E-state index >= 15 is 0 Å². The fraction of sp³-hybridized carbons (Fsp3) is 0.889. The van der Waals surface area contributed by atoms with Crippen molar-refractivity contribution in [1.29, 1.82) is 5.41 Å². The topological polar surface area (TPSA) is 45.1 Å². The highest BCUT2D eigenvalue weighted by Gasteiger charge is 2.13. The van der Waals surface area contributed by atoms with Crippen LogP contribution < -0.4 is 5.32 Å². The van der Waals surface area contributed by atoms with Crippen LogP contribution in [0.15, 0.2) is 0 Å². The molecule has 0 amide bonds. The van der Waals surface area contributed by atoms with Crippen LogP contribution >= 0.6 is 24.8 Å². The van der Waals surface area contributed by atoms with Gasteiger partial charge in [0.05, 0.1) is 13.2 Å². The van der Waals surface area contributed by atoms with Gasteiger partial charge in [-0.15, -0.1) is 24.8 Å². The van der Waals surface area contributed by atoms with Crippen molar-refractivity contribution in [3.8, 4) is 0 Å². The molecule has 1 aliphatic rings. The van der Waals surface area contributed by atoms with Crippen LogP contribution in [0.3, 0.4) is 0 Å². The van der Waals surface area contributed by atoms with Gasteiger partial charge in [0.25, 0.3) is 0 Å². The van der Waals surface area contributed by atoms with E-state index in [4.69, 9.17) is 10.1 Å². The maximum absolute atomic E-state index is 7.63. The third-order valence-electron chi connectivity index (χ3n) is 2.04. The molecule has 14 heavy (non-hydrogen) atoms. The van der Waals surface area contributed by atoms with Gasteiger partial charge in [0.2, 0.25) is 0 Å². The molecular weight excluding hydrogens is 223 g/mol. The van der Waals surface area contributed by atoms with Gasteiger partial charge in [-0.2, -0.15) is 0 Å². The van der Waals surface area contributed by atoms with E-state index in [9.17, 15) is 0 Å². The van der Waals surface area contributed by atoms with E-state index in [1.807, 2.05) is 0 Å². The predicted molar refractivity (Wildman–Crippen MR) is 64.4 cm³/mol. The SMILES string of the molecule is CCCC(=N)CC1COCCN1.Cl.Cl. The lowest BCUT2D eigenvalue weighted by Crippen LogP contribution is -2.42. The first-order chi connectivity index (χ1) is 5.83. The molecule has 0 aromatic carbocycles. The molecule has 1 heterocycles. The van der Waals surface area contributed by atoms with Crippen molar-refractivity contribution in [3.05, 3.63) is 0 Å². The molecule has 1 rings (SSSR count). The van der Waals surface area contributed by atoms with Crippen LogP contribution in [0.1, 0.15) is 26.2 Å². The van der Waals surface area contributed by atoms with Crippen LogP contribution in [-0.2, 0) is 4.74 Å². The lowest BCUT2D eigenvalue weighted by molar-refractivity contribution is 0.0789. The van der Waals surface area contributed by atoms with Gasteiger partial charge >= 0.3 is 0 Å². The van der Waals surface area contributed by atoms with Gasteiger partial charge in [-0.3, -0.25) is 0 Å². The lowest BCUT2D eigenvalue weighted by atomic mass is 10.1. The lowest BCUT2D eigenvalue weighted by Gasteiger charge is -2.23. The van der Waals surface area contributed by atoms with Gasteiger partial charge in [0.15, 0.2) is 0 Å². The summed E-state index contributed by atoms with van der Waals surface area (Å²) in [4.78, 5) is 0. The molecule has 86 valence electrons. The first-order valence-corrected chi connectivity index (χ1v) is 4.70. The van der Waals surface area contributed by atoms with Crippen LogP contribution in [0.4, 0.5) is 0 Å². The summed E-state index contributed by atoms with van der Waals surface area (Å²) in [5.74, 6) is 0. The molecule has 1 saturated heterocycles. The van der Waals surface area contributed by atoms with Gasteiger partial charge in [-0.05, 0) is 6.42 Å². The van der Waals surface area contributed by atoms with Crippen molar-refractivity contribution in [3.63, 3.8) is 0 Å². The first-order valence-electron chi connectivity index (χ1n) is 4.70. The van der Waals surface area contributed by atoms with Crippen molar-refractivity contribution in [2.45, 2.75) is 32.2 Å². The summed E-state index contributed by atoms with van der Waals surface area (Å²) in [6.45, 7) is 4.63. The molecule has 0 aliphatic carbocycles. The maximum atomic E-state index is 7.63. The van der Waals surface area contributed by atoms with E-state index in [0.717, 1.165) is 44.7 Å². The molecule has 0 bridgehead atoms. The molecule has 2 N–H and O–H groups in total. The van der Waals surface area contributed by atoms with Crippen LogP contribution in [-0.4, -0.2) is 31.5 Å². The highest BCUT2D eigenvalue weighted by atomic mass is 35.5. The molecule has 0 aromatic rings. The standard InChI is InChI=1S/C9H18N2O.2ClH/c1-2-3-8(10)6-9-7-12-5-4-11-9;;/h9-11H,2-7H2,1H3;2*1H. The molecule has 0 spiro atoms. The fourth-order valence-corrected chi connectivity index (χ4v) is 1.45. The molecule has 1 fully saturated rings. The molecule has 0 radical (unpaired) electrons. The molecule has 0 saturated carbocycles. The molecular formula is C9H20Cl2N2O.